The van der Waals surface area contributed by atoms with Gasteiger partial charge in [-0.2, -0.15) is 0 Å². The molecule has 0 fully saturated rings. The zero-order chi connectivity index (χ0) is 19.3. The number of aromatic nitrogens is 1. The summed E-state index contributed by atoms with van der Waals surface area (Å²) in [6, 6.07) is 21.7. The van der Waals surface area contributed by atoms with Gasteiger partial charge in [0, 0.05) is 0 Å². The second kappa shape index (κ2) is 8.19. The minimum Gasteiger partial charge on any atom is -0.348 e. The van der Waals surface area contributed by atoms with Crippen molar-refractivity contribution in [1.29, 1.82) is 0 Å². The molecule has 0 bridgehead atoms. The third-order valence-corrected chi connectivity index (χ3v) is 5.49. The van der Waals surface area contributed by atoms with Gasteiger partial charge < -0.3 is 10.6 Å². The molecule has 0 spiro atoms. The van der Waals surface area contributed by atoms with Crippen LogP contribution in [-0.4, -0.2) is 23.3 Å². The molecule has 0 atom stereocenters. The maximum atomic E-state index is 12.3. The second-order valence-electron chi connectivity index (χ2n) is 6.44. The van der Waals surface area contributed by atoms with E-state index in [1.54, 1.807) is 11.3 Å². The number of thiazole rings is 1. The average Bonchev–Trinajstić information content (AvgIpc) is 3.14. The second-order valence-corrected chi connectivity index (χ2v) is 7.56. The molecule has 6 heteroatoms. The van der Waals surface area contributed by atoms with E-state index in [1.165, 1.54) is 0 Å². The van der Waals surface area contributed by atoms with Gasteiger partial charge in [0.2, 0.25) is 11.8 Å². The van der Waals surface area contributed by atoms with Crippen LogP contribution in [0.1, 0.15) is 10.6 Å². The minimum atomic E-state index is -0.231. The van der Waals surface area contributed by atoms with E-state index in [2.05, 4.69) is 15.6 Å². The largest absolute Gasteiger partial charge is 0.348 e. The van der Waals surface area contributed by atoms with E-state index >= 15 is 0 Å². The van der Waals surface area contributed by atoms with Crippen LogP contribution in [0.15, 0.2) is 66.7 Å². The highest BCUT2D eigenvalue weighted by atomic mass is 32.1. The fourth-order valence-corrected chi connectivity index (χ4v) is 4.00. The van der Waals surface area contributed by atoms with Crippen LogP contribution >= 0.6 is 11.3 Å². The Hall–Kier alpha value is -3.25. The summed E-state index contributed by atoms with van der Waals surface area (Å²) in [5, 5.41) is 8.49. The fraction of sp³-hybridized carbons (Fsp3) is 0.136. The first kappa shape index (κ1) is 18.1. The van der Waals surface area contributed by atoms with Gasteiger partial charge in [-0.1, -0.05) is 54.6 Å². The van der Waals surface area contributed by atoms with Crippen molar-refractivity contribution in [3.63, 3.8) is 0 Å². The highest BCUT2D eigenvalue weighted by Crippen LogP contribution is 2.21. The molecule has 4 rings (SSSR count). The van der Waals surface area contributed by atoms with E-state index in [-0.39, 0.29) is 24.8 Å². The average molecular weight is 389 g/mol. The molecule has 0 radical (unpaired) electrons. The van der Waals surface area contributed by atoms with Gasteiger partial charge >= 0.3 is 0 Å². The molecule has 1 heterocycles. The van der Waals surface area contributed by atoms with Crippen LogP contribution in [0.4, 0.5) is 0 Å². The van der Waals surface area contributed by atoms with E-state index in [9.17, 15) is 9.59 Å². The Morgan fingerprint density at radius 3 is 2.54 bits per heavy atom. The van der Waals surface area contributed by atoms with Crippen molar-refractivity contribution in [2.45, 2.75) is 13.0 Å². The standard InChI is InChI=1S/C22H19N3O2S/c26-20(12-16-8-5-7-15-6-1-2-9-17(15)16)23-13-21(27)24-14-22-25-18-10-3-4-11-19(18)28-22/h1-11H,12-14H2,(H,23,26)(H,24,27). The van der Waals surface area contributed by atoms with E-state index in [0.717, 1.165) is 31.6 Å². The number of benzene rings is 3. The Morgan fingerprint density at radius 2 is 1.64 bits per heavy atom. The van der Waals surface area contributed by atoms with Crippen molar-refractivity contribution in [3.8, 4) is 0 Å². The summed E-state index contributed by atoms with van der Waals surface area (Å²) in [7, 11) is 0. The third-order valence-electron chi connectivity index (χ3n) is 4.45. The van der Waals surface area contributed by atoms with Crippen LogP contribution in [0.3, 0.4) is 0 Å². The number of para-hydroxylation sites is 1. The first-order valence-electron chi connectivity index (χ1n) is 9.03. The topological polar surface area (TPSA) is 71.1 Å². The molecule has 0 unspecified atom stereocenters. The van der Waals surface area contributed by atoms with Gasteiger partial charge in [-0.3, -0.25) is 9.59 Å². The maximum absolute atomic E-state index is 12.3. The Labute approximate surface area is 166 Å². The predicted molar refractivity (Wildman–Crippen MR) is 112 cm³/mol. The molecule has 4 aromatic rings. The van der Waals surface area contributed by atoms with Gasteiger partial charge in [0.15, 0.2) is 0 Å². The lowest BCUT2D eigenvalue weighted by molar-refractivity contribution is -0.125. The van der Waals surface area contributed by atoms with Gasteiger partial charge in [0.05, 0.1) is 29.7 Å². The van der Waals surface area contributed by atoms with Crippen LogP contribution < -0.4 is 10.6 Å². The Balaban J connectivity index is 1.28. The summed E-state index contributed by atoms with van der Waals surface area (Å²) < 4.78 is 1.09. The Kier molecular flexibility index (Phi) is 5.30. The smallest absolute Gasteiger partial charge is 0.239 e. The number of rotatable bonds is 6. The Bertz CT molecular complexity index is 1110. The zero-order valence-corrected chi connectivity index (χ0v) is 16.0. The van der Waals surface area contributed by atoms with Crippen LogP contribution in [0.25, 0.3) is 21.0 Å². The molecular weight excluding hydrogens is 370 g/mol. The molecule has 0 aliphatic heterocycles. The number of carbonyl (C=O) groups is 2. The molecule has 28 heavy (non-hydrogen) atoms. The predicted octanol–water partition coefficient (Wildman–Crippen LogP) is 3.42. The normalized spacial score (nSPS) is 10.9. The lowest BCUT2D eigenvalue weighted by Crippen LogP contribution is -2.37. The number of hydrogen-bond acceptors (Lipinski definition) is 4. The number of nitrogens with zero attached hydrogens (tertiary/aromatic N) is 1. The highest BCUT2D eigenvalue weighted by Gasteiger charge is 2.10. The molecule has 0 aliphatic rings. The van der Waals surface area contributed by atoms with Crippen molar-refractivity contribution in [1.82, 2.24) is 15.6 Å². The number of nitrogens with one attached hydrogen (secondary N) is 2. The van der Waals surface area contributed by atoms with Crippen molar-refractivity contribution in [3.05, 3.63) is 77.3 Å². The number of carbonyl (C=O) groups excluding carboxylic acids is 2. The maximum Gasteiger partial charge on any atom is 0.239 e. The molecule has 5 nitrogen and oxygen atoms in total. The van der Waals surface area contributed by atoms with E-state index < -0.39 is 0 Å². The summed E-state index contributed by atoms with van der Waals surface area (Å²) in [6.07, 6.45) is 0.243. The molecule has 140 valence electrons. The van der Waals surface area contributed by atoms with E-state index in [4.69, 9.17) is 0 Å². The lowest BCUT2D eigenvalue weighted by Gasteiger charge is -2.08. The minimum absolute atomic E-state index is 0.0471. The molecule has 3 aromatic carbocycles. The van der Waals surface area contributed by atoms with Crippen LogP contribution in [0, 0.1) is 0 Å². The number of hydrogen-bond donors (Lipinski definition) is 2. The molecule has 1 aromatic heterocycles. The third kappa shape index (κ3) is 4.18. The van der Waals surface area contributed by atoms with Crippen molar-refractivity contribution in [2.24, 2.45) is 0 Å². The van der Waals surface area contributed by atoms with Crippen molar-refractivity contribution in [2.75, 3.05) is 6.54 Å². The van der Waals surface area contributed by atoms with Gasteiger partial charge in [-0.15, -0.1) is 11.3 Å². The van der Waals surface area contributed by atoms with Crippen molar-refractivity contribution >= 4 is 44.1 Å². The molecule has 2 amide bonds. The summed E-state index contributed by atoms with van der Waals surface area (Å²) in [4.78, 5) is 28.8. The summed E-state index contributed by atoms with van der Waals surface area (Å²) in [5.74, 6) is -0.406. The van der Waals surface area contributed by atoms with Crippen molar-refractivity contribution < 1.29 is 9.59 Å². The van der Waals surface area contributed by atoms with Gasteiger partial charge in [0.1, 0.15) is 5.01 Å². The molecule has 0 aliphatic carbocycles. The number of amides is 2. The SMILES string of the molecule is O=C(CNC(=O)Cc1cccc2ccccc12)NCc1nc2ccccc2s1. The van der Waals surface area contributed by atoms with Crippen LogP contribution in [0.2, 0.25) is 0 Å². The van der Waals surface area contributed by atoms with Crippen LogP contribution in [-0.2, 0) is 22.6 Å². The Morgan fingerprint density at radius 1 is 0.857 bits per heavy atom. The lowest BCUT2D eigenvalue weighted by atomic mass is 10.0. The molecule has 0 saturated carbocycles. The van der Waals surface area contributed by atoms with E-state index in [1.807, 2.05) is 66.7 Å². The molecule has 2 N–H and O–H groups in total. The first-order chi connectivity index (χ1) is 13.7. The summed E-state index contributed by atoms with van der Waals surface area (Å²) in [5.41, 5.74) is 1.88. The quantitative estimate of drug-likeness (QED) is 0.531. The molecule has 0 saturated heterocycles. The monoisotopic (exact) mass is 389 g/mol. The summed E-state index contributed by atoms with van der Waals surface area (Å²) in [6.45, 7) is 0.311. The van der Waals surface area contributed by atoms with Gasteiger partial charge in [0.25, 0.3) is 0 Å². The fourth-order valence-electron chi connectivity index (χ4n) is 3.09. The first-order valence-corrected chi connectivity index (χ1v) is 9.85. The van der Waals surface area contributed by atoms with Crippen LogP contribution in [0.5, 0.6) is 0 Å². The molecular formula is C22H19N3O2S. The number of fused-ring (bicyclic) bond motifs is 2. The zero-order valence-electron chi connectivity index (χ0n) is 15.1. The van der Waals surface area contributed by atoms with Gasteiger partial charge in [-0.25, -0.2) is 4.98 Å². The van der Waals surface area contributed by atoms with E-state index in [0.29, 0.717) is 6.54 Å². The summed E-state index contributed by atoms with van der Waals surface area (Å²) >= 11 is 1.55. The highest BCUT2D eigenvalue weighted by molar-refractivity contribution is 7.18. The van der Waals surface area contributed by atoms with Gasteiger partial charge in [-0.05, 0) is 28.5 Å².